The number of pyridine rings is 2. The van der Waals surface area contributed by atoms with E-state index in [9.17, 15) is 5.26 Å². The quantitative estimate of drug-likeness (QED) is 0.133. The maximum Gasteiger partial charge on any atom is 0.220 e. The molecule has 13 aromatic rings. The summed E-state index contributed by atoms with van der Waals surface area (Å²) in [7, 11) is 0. The number of hydrogen-bond acceptors (Lipinski definition) is 3. The van der Waals surface area contributed by atoms with E-state index in [0.717, 1.165) is 109 Å². The van der Waals surface area contributed by atoms with Gasteiger partial charge in [-0.15, -0.1) is 0 Å². The van der Waals surface area contributed by atoms with Crippen molar-refractivity contribution in [1.82, 2.24) is 19.1 Å². The van der Waals surface area contributed by atoms with Crippen LogP contribution in [0.4, 0.5) is 5.69 Å². The maximum atomic E-state index is 11.7. The van der Waals surface area contributed by atoms with Crippen LogP contribution < -0.4 is 0 Å². The van der Waals surface area contributed by atoms with Crippen LogP contribution in [0.3, 0.4) is 0 Å². The molecular formula is C54H28N6. The first-order valence-corrected chi connectivity index (χ1v) is 19.9. The third-order valence-electron chi connectivity index (χ3n) is 12.6. The van der Waals surface area contributed by atoms with Crippen molar-refractivity contribution in [3.05, 3.63) is 187 Å². The second-order valence-corrected chi connectivity index (χ2v) is 15.4. The molecular weight excluding hydrogens is 733 g/mol. The summed E-state index contributed by atoms with van der Waals surface area (Å²) < 4.78 is 4.55. The monoisotopic (exact) mass is 760 g/mol. The van der Waals surface area contributed by atoms with Crippen LogP contribution in [0.5, 0.6) is 0 Å². The van der Waals surface area contributed by atoms with Crippen molar-refractivity contribution in [2.45, 2.75) is 0 Å². The summed E-state index contributed by atoms with van der Waals surface area (Å²) in [4.78, 5) is 13.9. The van der Waals surface area contributed by atoms with Crippen molar-refractivity contribution in [2.75, 3.05) is 0 Å². The summed E-state index contributed by atoms with van der Waals surface area (Å²) in [6, 6.07) is 52.9. The van der Waals surface area contributed by atoms with E-state index in [1.807, 2.05) is 73.3 Å². The largest absolute Gasteiger partial charge is 0.317 e. The van der Waals surface area contributed by atoms with Gasteiger partial charge in [0, 0.05) is 62.0 Å². The first kappa shape index (κ1) is 32.5. The fourth-order valence-electron chi connectivity index (χ4n) is 10.4. The molecule has 0 spiro atoms. The van der Waals surface area contributed by atoms with Crippen LogP contribution >= 0.6 is 0 Å². The number of nitriles is 1. The van der Waals surface area contributed by atoms with E-state index in [-0.39, 0.29) is 0 Å². The second kappa shape index (κ2) is 12.0. The summed E-state index contributed by atoms with van der Waals surface area (Å²) in [5, 5.41) is 25.1. The molecule has 0 saturated heterocycles. The summed E-state index contributed by atoms with van der Waals surface area (Å²) in [6.45, 7) is 9.15. The molecule has 6 heteroatoms. The maximum absolute atomic E-state index is 11.7. The van der Waals surface area contributed by atoms with Gasteiger partial charge in [0.05, 0.1) is 51.8 Å². The van der Waals surface area contributed by atoms with Crippen LogP contribution in [-0.2, 0) is 0 Å². The van der Waals surface area contributed by atoms with Crippen LogP contribution in [0.1, 0.15) is 5.56 Å². The summed E-state index contributed by atoms with van der Waals surface area (Å²) >= 11 is 0. The number of aromatic nitrogens is 4. The Labute approximate surface area is 342 Å². The predicted octanol–water partition coefficient (Wildman–Crippen LogP) is 13.9. The van der Waals surface area contributed by atoms with Crippen molar-refractivity contribution in [3.63, 3.8) is 0 Å². The van der Waals surface area contributed by atoms with Gasteiger partial charge in [-0.3, -0.25) is 9.97 Å². The third-order valence-corrected chi connectivity index (χ3v) is 12.6. The van der Waals surface area contributed by atoms with Gasteiger partial charge in [-0.1, -0.05) is 121 Å². The first-order valence-electron chi connectivity index (χ1n) is 19.9. The standard InChI is InChI=1S/C54H28N6/c1-56-52-46(31-13-4-2-5-14-31)39(27-55)53(59-42-22-11-20-37-35-25-26-57-28-40(35)38-21-12-23-43(59)50(38)48(37)42)47(32-15-6-3-7-16-32)54(52)60-44-24-10-19-36-33-17-8-9-18-34(33)41-29-58-30-45(60)51(41)49(36)44/h2-26,28-30H. The van der Waals surface area contributed by atoms with E-state index in [1.54, 1.807) is 0 Å². The molecule has 4 heterocycles. The smallest absolute Gasteiger partial charge is 0.220 e. The van der Waals surface area contributed by atoms with Gasteiger partial charge < -0.3 is 9.13 Å². The van der Waals surface area contributed by atoms with Crippen molar-refractivity contribution >= 4 is 92.4 Å². The van der Waals surface area contributed by atoms with Crippen LogP contribution in [0.15, 0.2) is 170 Å². The zero-order chi connectivity index (χ0) is 39.6. The van der Waals surface area contributed by atoms with Crippen molar-refractivity contribution < 1.29 is 0 Å². The Morgan fingerprint density at radius 2 is 0.917 bits per heavy atom. The highest BCUT2D eigenvalue weighted by Crippen LogP contribution is 2.54. The predicted molar refractivity (Wildman–Crippen MR) is 245 cm³/mol. The Balaban J connectivity index is 1.33. The highest BCUT2D eigenvalue weighted by Gasteiger charge is 2.33. The molecule has 0 N–H and O–H groups in total. The molecule has 0 bridgehead atoms. The minimum atomic E-state index is 0.400. The Bertz CT molecular complexity index is 3620. The lowest BCUT2D eigenvalue weighted by Crippen LogP contribution is -2.08. The Kier molecular flexibility index (Phi) is 6.48. The fourth-order valence-corrected chi connectivity index (χ4v) is 10.4. The lowest BCUT2D eigenvalue weighted by molar-refractivity contribution is 1.13. The summed E-state index contributed by atoms with van der Waals surface area (Å²) in [5.41, 5.74) is 9.14. The molecule has 9 aromatic carbocycles. The van der Waals surface area contributed by atoms with E-state index in [1.165, 1.54) is 0 Å². The number of hydrogen-bond donors (Lipinski definition) is 0. The zero-order valence-electron chi connectivity index (χ0n) is 31.8. The van der Waals surface area contributed by atoms with E-state index in [2.05, 4.69) is 122 Å². The molecule has 0 saturated carbocycles. The van der Waals surface area contributed by atoms with Crippen molar-refractivity contribution in [3.8, 4) is 39.7 Å². The first-order chi connectivity index (χ1) is 29.8. The molecule has 0 fully saturated rings. The lowest BCUT2D eigenvalue weighted by atomic mass is 9.88. The molecule has 0 radical (unpaired) electrons. The number of benzene rings is 9. The van der Waals surface area contributed by atoms with Crippen molar-refractivity contribution in [2.24, 2.45) is 0 Å². The molecule has 0 amide bonds. The van der Waals surface area contributed by atoms with Gasteiger partial charge in [-0.2, -0.15) is 5.26 Å². The molecule has 6 nitrogen and oxygen atoms in total. The van der Waals surface area contributed by atoms with Crippen LogP contribution in [0.2, 0.25) is 0 Å². The minimum absolute atomic E-state index is 0.400. The number of rotatable bonds is 4. The normalized spacial score (nSPS) is 12.0. The van der Waals surface area contributed by atoms with Gasteiger partial charge in [0.1, 0.15) is 6.07 Å². The van der Waals surface area contributed by atoms with Gasteiger partial charge in [-0.05, 0) is 67.7 Å². The molecule has 13 rings (SSSR count). The molecule has 0 unspecified atom stereocenters. The second-order valence-electron chi connectivity index (χ2n) is 15.4. The average Bonchev–Trinajstić information content (AvgIpc) is 3.84. The van der Waals surface area contributed by atoms with Gasteiger partial charge in [0.2, 0.25) is 5.69 Å². The highest BCUT2D eigenvalue weighted by molar-refractivity contribution is 6.36. The Hall–Kier alpha value is -8.58. The highest BCUT2D eigenvalue weighted by atomic mass is 15.0. The van der Waals surface area contributed by atoms with E-state index < -0.39 is 0 Å². The number of fused-ring (bicyclic) bond motifs is 6. The fraction of sp³-hybridized carbons (Fsp3) is 0. The van der Waals surface area contributed by atoms with Gasteiger partial charge in [0.25, 0.3) is 0 Å². The molecule has 0 atom stereocenters. The number of nitrogens with zero attached hydrogens (tertiary/aromatic N) is 6. The van der Waals surface area contributed by atoms with E-state index in [4.69, 9.17) is 11.6 Å². The zero-order valence-corrected chi connectivity index (χ0v) is 31.8. The minimum Gasteiger partial charge on any atom is -0.317 e. The van der Waals surface area contributed by atoms with E-state index >= 15 is 0 Å². The average molecular weight is 761 g/mol. The van der Waals surface area contributed by atoms with Crippen LogP contribution in [-0.4, -0.2) is 19.1 Å². The summed E-state index contributed by atoms with van der Waals surface area (Å²) in [5.74, 6) is 0. The van der Waals surface area contributed by atoms with Crippen LogP contribution in [0, 0.1) is 17.9 Å². The molecule has 0 aliphatic heterocycles. The Morgan fingerprint density at radius 1 is 0.433 bits per heavy atom. The Morgan fingerprint density at radius 3 is 1.52 bits per heavy atom. The molecule has 0 aliphatic carbocycles. The topological polar surface area (TPSA) is 63.8 Å². The summed E-state index contributed by atoms with van der Waals surface area (Å²) in [6.07, 6.45) is 7.72. The molecule has 60 heavy (non-hydrogen) atoms. The van der Waals surface area contributed by atoms with Crippen LogP contribution in [0.25, 0.3) is 125 Å². The van der Waals surface area contributed by atoms with E-state index in [0.29, 0.717) is 22.5 Å². The van der Waals surface area contributed by atoms with Gasteiger partial charge in [0.15, 0.2) is 0 Å². The molecule has 0 aliphatic rings. The lowest BCUT2D eigenvalue weighted by Gasteiger charge is -2.25. The molecule has 274 valence electrons. The van der Waals surface area contributed by atoms with Gasteiger partial charge in [-0.25, -0.2) is 4.85 Å². The van der Waals surface area contributed by atoms with Crippen molar-refractivity contribution in [1.29, 1.82) is 5.26 Å². The molecule has 4 aromatic heterocycles. The third kappa shape index (κ3) is 4.04. The SMILES string of the molecule is [C-]#[N+]c1c(-c2ccccc2)c(C#N)c(-n2c3cccc4c5ccncc5c5cccc2c5c43)c(-c2ccccc2)c1-n1c2cccc3c4ccccc4c4cncc1c4c32. The van der Waals surface area contributed by atoms with Gasteiger partial charge >= 0.3 is 0 Å².